The second kappa shape index (κ2) is 8.39. The van der Waals surface area contributed by atoms with Gasteiger partial charge in [-0.15, -0.1) is 0 Å². The summed E-state index contributed by atoms with van der Waals surface area (Å²) in [4.78, 5) is 38.3. The molecule has 0 aliphatic carbocycles. The molecule has 1 rings (SSSR count). The Hall–Kier alpha value is -1.63. The van der Waals surface area contributed by atoms with Gasteiger partial charge in [0.05, 0.1) is 5.92 Å². The summed E-state index contributed by atoms with van der Waals surface area (Å²) in [6.07, 6.45) is -0.539. The minimum atomic E-state index is -1.07. The lowest BCUT2D eigenvalue weighted by Gasteiger charge is -2.34. The summed E-state index contributed by atoms with van der Waals surface area (Å²) in [6, 6.07) is -0.751. The molecule has 1 aliphatic rings. The highest BCUT2D eigenvalue weighted by molar-refractivity contribution is 5.92. The van der Waals surface area contributed by atoms with Crippen LogP contribution >= 0.6 is 0 Å². The molecule has 0 spiro atoms. The number of carbonyl (C=O) groups excluding carboxylic acids is 3. The van der Waals surface area contributed by atoms with Gasteiger partial charge < -0.3 is 20.1 Å². The fourth-order valence-electron chi connectivity index (χ4n) is 3.17. The number of nitrogens with one attached hydrogen (secondary N) is 2. The molecule has 1 saturated heterocycles. The summed E-state index contributed by atoms with van der Waals surface area (Å²) in [5, 5.41) is 5.80. The van der Waals surface area contributed by atoms with Crippen molar-refractivity contribution in [2.24, 2.45) is 17.3 Å². The van der Waals surface area contributed by atoms with Crippen LogP contribution in [0.4, 0.5) is 0 Å². The third-order valence-corrected chi connectivity index (χ3v) is 4.33. The average molecular weight is 399 g/mol. The monoisotopic (exact) mass is 398 g/mol. The van der Waals surface area contributed by atoms with Gasteiger partial charge in [-0.1, -0.05) is 34.6 Å². The van der Waals surface area contributed by atoms with Crippen molar-refractivity contribution < 1.29 is 23.9 Å². The summed E-state index contributed by atoms with van der Waals surface area (Å²) < 4.78 is 11.0. The maximum Gasteiger partial charge on any atom is 0.338 e. The van der Waals surface area contributed by atoms with E-state index in [4.69, 9.17) is 9.47 Å². The number of amides is 2. The molecule has 162 valence electrons. The quantitative estimate of drug-likeness (QED) is 0.671. The van der Waals surface area contributed by atoms with Crippen LogP contribution in [-0.4, -0.2) is 41.3 Å². The highest BCUT2D eigenvalue weighted by atomic mass is 16.8. The van der Waals surface area contributed by atoms with Crippen LogP contribution in [0.3, 0.4) is 0 Å². The van der Waals surface area contributed by atoms with E-state index in [1.807, 2.05) is 55.4 Å². The van der Waals surface area contributed by atoms with E-state index in [-0.39, 0.29) is 17.7 Å². The number of esters is 1. The fraction of sp³-hybridized carbons (Fsp3) is 0.857. The third kappa shape index (κ3) is 7.08. The zero-order chi connectivity index (χ0) is 22.1. The summed E-state index contributed by atoms with van der Waals surface area (Å²) in [6.45, 7) is 18.6. The number of rotatable bonds is 6. The first-order valence-corrected chi connectivity index (χ1v) is 9.96. The van der Waals surface area contributed by atoms with Gasteiger partial charge in [-0.05, 0) is 38.5 Å². The first kappa shape index (κ1) is 24.4. The Morgan fingerprint density at radius 3 is 1.96 bits per heavy atom. The van der Waals surface area contributed by atoms with Crippen LogP contribution in [0.1, 0.15) is 75.7 Å². The van der Waals surface area contributed by atoms with Gasteiger partial charge in [-0.25, -0.2) is 4.79 Å². The first-order valence-electron chi connectivity index (χ1n) is 9.96. The zero-order valence-corrected chi connectivity index (χ0v) is 19.1. The molecule has 0 bridgehead atoms. The van der Waals surface area contributed by atoms with Crippen LogP contribution in [0.15, 0.2) is 0 Å². The fourth-order valence-corrected chi connectivity index (χ4v) is 3.17. The van der Waals surface area contributed by atoms with Gasteiger partial charge in [0.15, 0.2) is 6.10 Å². The van der Waals surface area contributed by atoms with Crippen molar-refractivity contribution in [1.29, 1.82) is 0 Å². The Morgan fingerprint density at radius 2 is 1.61 bits per heavy atom. The molecule has 1 heterocycles. The van der Waals surface area contributed by atoms with E-state index in [0.29, 0.717) is 6.42 Å². The molecular weight excluding hydrogens is 360 g/mol. The summed E-state index contributed by atoms with van der Waals surface area (Å²) in [5.41, 5.74) is -0.936. The molecule has 1 fully saturated rings. The third-order valence-electron chi connectivity index (χ3n) is 4.33. The van der Waals surface area contributed by atoms with E-state index in [9.17, 15) is 14.4 Å². The van der Waals surface area contributed by atoms with E-state index >= 15 is 0 Å². The van der Waals surface area contributed by atoms with Gasteiger partial charge in [0.1, 0.15) is 6.04 Å². The van der Waals surface area contributed by atoms with Crippen LogP contribution in [0.25, 0.3) is 0 Å². The van der Waals surface area contributed by atoms with Crippen molar-refractivity contribution >= 4 is 17.8 Å². The SMILES string of the molecule is CC(C)C[C@@H](C(=O)N[C@H](C(=O)NC(C)(C)C)C(C)(C)C)[C@@H]1OC(C)(C)OC1=O. The van der Waals surface area contributed by atoms with Crippen LogP contribution in [0.5, 0.6) is 0 Å². The summed E-state index contributed by atoms with van der Waals surface area (Å²) in [7, 11) is 0. The van der Waals surface area contributed by atoms with Crippen molar-refractivity contribution in [1.82, 2.24) is 10.6 Å². The molecule has 7 nitrogen and oxygen atoms in total. The molecule has 0 aromatic heterocycles. The minimum Gasteiger partial charge on any atom is -0.432 e. The van der Waals surface area contributed by atoms with Gasteiger partial charge in [0.2, 0.25) is 17.6 Å². The molecule has 3 atom stereocenters. The van der Waals surface area contributed by atoms with Gasteiger partial charge >= 0.3 is 5.97 Å². The molecule has 2 amide bonds. The average Bonchev–Trinajstić information content (AvgIpc) is 2.71. The maximum absolute atomic E-state index is 13.2. The largest absolute Gasteiger partial charge is 0.432 e. The van der Waals surface area contributed by atoms with Crippen LogP contribution in [0.2, 0.25) is 0 Å². The lowest BCUT2D eigenvalue weighted by Crippen LogP contribution is -2.58. The number of ether oxygens (including phenoxy) is 2. The van der Waals surface area contributed by atoms with E-state index < -0.39 is 40.8 Å². The zero-order valence-electron chi connectivity index (χ0n) is 19.1. The lowest BCUT2D eigenvalue weighted by atomic mass is 9.84. The van der Waals surface area contributed by atoms with E-state index in [0.717, 1.165) is 0 Å². The number of hydrogen-bond donors (Lipinski definition) is 2. The molecule has 0 radical (unpaired) electrons. The van der Waals surface area contributed by atoms with Crippen molar-refractivity contribution in [3.63, 3.8) is 0 Å². The normalized spacial score (nSPS) is 21.8. The molecule has 7 heteroatoms. The second-order valence-corrected chi connectivity index (χ2v) is 10.6. The molecular formula is C21H38N2O5. The van der Waals surface area contributed by atoms with Crippen molar-refractivity contribution in [3.05, 3.63) is 0 Å². The maximum atomic E-state index is 13.2. The summed E-state index contributed by atoms with van der Waals surface area (Å²) >= 11 is 0. The second-order valence-electron chi connectivity index (χ2n) is 10.6. The Labute approximate surface area is 169 Å². The number of carbonyl (C=O) groups is 3. The smallest absolute Gasteiger partial charge is 0.338 e. The summed E-state index contributed by atoms with van der Waals surface area (Å²) in [5.74, 6) is -2.82. The Morgan fingerprint density at radius 1 is 1.07 bits per heavy atom. The van der Waals surface area contributed by atoms with Gasteiger partial charge in [0, 0.05) is 19.4 Å². The van der Waals surface area contributed by atoms with Gasteiger partial charge in [0.25, 0.3) is 0 Å². The number of hydrogen-bond acceptors (Lipinski definition) is 5. The van der Waals surface area contributed by atoms with Crippen LogP contribution < -0.4 is 10.6 Å². The topological polar surface area (TPSA) is 93.7 Å². The first-order chi connectivity index (χ1) is 12.4. The molecule has 1 aliphatic heterocycles. The highest BCUT2D eigenvalue weighted by Gasteiger charge is 2.48. The van der Waals surface area contributed by atoms with Crippen molar-refractivity contribution in [2.45, 2.75) is 99.1 Å². The van der Waals surface area contributed by atoms with Gasteiger partial charge in [-0.2, -0.15) is 0 Å². The Balaban J connectivity index is 3.09. The van der Waals surface area contributed by atoms with Crippen LogP contribution in [0, 0.1) is 17.3 Å². The molecule has 0 aromatic carbocycles. The van der Waals surface area contributed by atoms with Crippen molar-refractivity contribution in [2.75, 3.05) is 0 Å². The molecule has 0 aromatic rings. The van der Waals surface area contributed by atoms with E-state index in [1.54, 1.807) is 13.8 Å². The molecule has 0 unspecified atom stereocenters. The van der Waals surface area contributed by atoms with Gasteiger partial charge in [-0.3, -0.25) is 9.59 Å². The molecule has 2 N–H and O–H groups in total. The standard InChI is InChI=1S/C21H38N2O5/c1-12(2)11-13(14-18(26)28-21(9,10)27-14)16(24)22-15(19(3,4)5)17(25)23-20(6,7)8/h12-15H,11H2,1-10H3,(H,22,24)(H,23,25)/t13-,14+,15-/m1/s1. The number of cyclic esters (lactones) is 1. The predicted octanol–water partition coefficient (Wildman–Crippen LogP) is 2.77. The lowest BCUT2D eigenvalue weighted by molar-refractivity contribution is -0.162. The minimum absolute atomic E-state index is 0.160. The van der Waals surface area contributed by atoms with Crippen LogP contribution in [-0.2, 0) is 23.9 Å². The predicted molar refractivity (Wildman–Crippen MR) is 107 cm³/mol. The Bertz CT molecular complexity index is 599. The van der Waals surface area contributed by atoms with Crippen molar-refractivity contribution in [3.8, 4) is 0 Å². The Kier molecular flexibility index (Phi) is 7.32. The highest BCUT2D eigenvalue weighted by Crippen LogP contribution is 2.32. The van der Waals surface area contributed by atoms with E-state index in [2.05, 4.69) is 10.6 Å². The van der Waals surface area contributed by atoms with E-state index in [1.165, 1.54) is 0 Å². The molecule has 0 saturated carbocycles. The molecule has 28 heavy (non-hydrogen) atoms.